The van der Waals surface area contributed by atoms with Crippen molar-refractivity contribution in [3.63, 3.8) is 0 Å². The van der Waals surface area contributed by atoms with Gasteiger partial charge >= 0.3 is 5.97 Å². The molecule has 0 saturated heterocycles. The molecule has 20 heavy (non-hydrogen) atoms. The van der Waals surface area contributed by atoms with E-state index in [2.05, 4.69) is 22.5 Å². The Balaban J connectivity index is 3.90. The third-order valence-electron chi connectivity index (χ3n) is 2.29. The summed E-state index contributed by atoms with van der Waals surface area (Å²) in [6.07, 6.45) is 11.5. The van der Waals surface area contributed by atoms with E-state index < -0.39 is 12.2 Å². The molecule has 0 aliphatic rings. The fourth-order valence-corrected chi connectivity index (χ4v) is 1.24. The number of hydrogen-bond donors (Lipinski definition) is 2. The highest BCUT2D eigenvalue weighted by Gasteiger charge is 2.03. The lowest BCUT2D eigenvalue weighted by Crippen LogP contribution is -2.05. The van der Waals surface area contributed by atoms with Gasteiger partial charge in [0.2, 0.25) is 0 Å². The van der Waals surface area contributed by atoms with Gasteiger partial charge in [-0.1, -0.05) is 30.1 Å². The Labute approximate surface area is 120 Å². The molecule has 0 radical (unpaired) electrons. The fourth-order valence-electron chi connectivity index (χ4n) is 1.24. The zero-order chi connectivity index (χ0) is 15.2. The van der Waals surface area contributed by atoms with Crippen LogP contribution in [0.4, 0.5) is 0 Å². The highest BCUT2D eigenvalue weighted by molar-refractivity contribution is 5.68. The smallest absolute Gasteiger partial charge is 0.305 e. The molecule has 0 aliphatic heterocycles. The van der Waals surface area contributed by atoms with E-state index in [1.807, 2.05) is 0 Å². The molecule has 0 amide bonds. The molecular formula is C16H20O4. The topological polar surface area (TPSA) is 66.8 Å². The van der Waals surface area contributed by atoms with Gasteiger partial charge in [0.05, 0.1) is 13.2 Å². The number of terminal acetylenes is 1. The van der Waals surface area contributed by atoms with Gasteiger partial charge < -0.3 is 14.9 Å². The monoisotopic (exact) mass is 276 g/mol. The summed E-state index contributed by atoms with van der Waals surface area (Å²) in [7, 11) is 1.33. The van der Waals surface area contributed by atoms with Crippen LogP contribution < -0.4 is 0 Å². The van der Waals surface area contributed by atoms with Crippen molar-refractivity contribution in [1.29, 1.82) is 0 Å². The number of rotatable bonds is 7. The molecule has 0 bridgehead atoms. The van der Waals surface area contributed by atoms with Crippen molar-refractivity contribution in [2.75, 3.05) is 7.11 Å². The summed E-state index contributed by atoms with van der Waals surface area (Å²) in [4.78, 5) is 10.8. The zero-order valence-electron chi connectivity index (χ0n) is 11.6. The maximum Gasteiger partial charge on any atom is 0.305 e. The average molecular weight is 276 g/mol. The van der Waals surface area contributed by atoms with Crippen LogP contribution in [-0.2, 0) is 9.53 Å². The first-order valence-electron chi connectivity index (χ1n) is 6.31. The van der Waals surface area contributed by atoms with E-state index in [-0.39, 0.29) is 18.8 Å². The largest absolute Gasteiger partial charge is 0.469 e. The van der Waals surface area contributed by atoms with Crippen LogP contribution in [0.25, 0.3) is 0 Å². The number of aliphatic hydroxyl groups is 2. The van der Waals surface area contributed by atoms with Gasteiger partial charge in [-0.25, -0.2) is 0 Å². The van der Waals surface area contributed by atoms with Gasteiger partial charge in [-0.15, -0.1) is 12.3 Å². The zero-order valence-corrected chi connectivity index (χ0v) is 11.6. The van der Waals surface area contributed by atoms with Crippen molar-refractivity contribution < 1.29 is 19.7 Å². The lowest BCUT2D eigenvalue weighted by atomic mass is 10.1. The second-order valence-corrected chi connectivity index (χ2v) is 3.99. The van der Waals surface area contributed by atoms with E-state index in [1.165, 1.54) is 7.11 Å². The lowest BCUT2D eigenvalue weighted by molar-refractivity contribution is -0.140. The molecule has 2 N–H and O–H groups in total. The van der Waals surface area contributed by atoms with Gasteiger partial charge in [0.15, 0.2) is 0 Å². The van der Waals surface area contributed by atoms with Crippen molar-refractivity contribution in [2.45, 2.75) is 37.9 Å². The second kappa shape index (κ2) is 12.0. The fraction of sp³-hybridized carbons (Fsp3) is 0.438. The number of allylic oxidation sites excluding steroid dienone is 3. The summed E-state index contributed by atoms with van der Waals surface area (Å²) in [5, 5.41) is 18.8. The number of carbonyl (C=O) groups excluding carboxylic acids is 1. The normalized spacial score (nSPS) is 13.5. The third-order valence-corrected chi connectivity index (χ3v) is 2.29. The first kappa shape index (κ1) is 18.0. The first-order chi connectivity index (χ1) is 9.60. The van der Waals surface area contributed by atoms with Crippen molar-refractivity contribution in [1.82, 2.24) is 0 Å². The van der Waals surface area contributed by atoms with Crippen LogP contribution in [0, 0.1) is 24.2 Å². The van der Waals surface area contributed by atoms with Crippen LogP contribution in [0.2, 0.25) is 0 Å². The quantitative estimate of drug-likeness (QED) is 0.416. The maximum absolute atomic E-state index is 10.8. The van der Waals surface area contributed by atoms with Crippen LogP contribution >= 0.6 is 0 Å². The molecule has 4 nitrogen and oxygen atoms in total. The molecule has 108 valence electrons. The van der Waals surface area contributed by atoms with Crippen LogP contribution in [0.3, 0.4) is 0 Å². The standard InChI is InChI=1S/C16H20O4/c1-3-9-14(17)10-6-4-5-7-11-15(18)12-8-13-16(19)20-2/h1,4-6,10,14-15,17-18H,8-9,12-13H2,2H3/b5-4+,10-6+/t14-,15+/m1/s1. The third kappa shape index (κ3) is 11.1. The summed E-state index contributed by atoms with van der Waals surface area (Å²) in [5.74, 6) is 7.35. The minimum atomic E-state index is -0.764. The van der Waals surface area contributed by atoms with Gasteiger partial charge in [0, 0.05) is 12.8 Å². The molecule has 0 unspecified atom stereocenters. The summed E-state index contributed by atoms with van der Waals surface area (Å²) in [6, 6.07) is 0. The van der Waals surface area contributed by atoms with E-state index in [1.54, 1.807) is 24.3 Å². The molecule has 0 aromatic rings. The molecule has 4 heteroatoms. The average Bonchev–Trinajstić information content (AvgIpc) is 2.42. The molecule has 0 fully saturated rings. The van der Waals surface area contributed by atoms with Crippen molar-refractivity contribution >= 4 is 5.97 Å². The van der Waals surface area contributed by atoms with Crippen molar-refractivity contribution in [3.05, 3.63) is 24.3 Å². The van der Waals surface area contributed by atoms with Crippen molar-refractivity contribution in [3.8, 4) is 24.2 Å². The molecule has 0 heterocycles. The number of aliphatic hydroxyl groups excluding tert-OH is 2. The second-order valence-electron chi connectivity index (χ2n) is 3.99. The van der Waals surface area contributed by atoms with Gasteiger partial charge in [-0.3, -0.25) is 4.79 Å². The molecule has 0 rings (SSSR count). The van der Waals surface area contributed by atoms with Gasteiger partial charge in [0.25, 0.3) is 0 Å². The minimum absolute atomic E-state index is 0.273. The van der Waals surface area contributed by atoms with E-state index in [4.69, 9.17) is 6.42 Å². The van der Waals surface area contributed by atoms with Gasteiger partial charge in [0.1, 0.15) is 6.10 Å². The van der Waals surface area contributed by atoms with Crippen molar-refractivity contribution in [2.24, 2.45) is 0 Å². The Hall–Kier alpha value is -2.01. The number of ether oxygens (including phenoxy) is 1. The number of methoxy groups -OCH3 is 1. The molecule has 0 spiro atoms. The lowest BCUT2D eigenvalue weighted by Gasteiger charge is -2.01. The minimum Gasteiger partial charge on any atom is -0.469 e. The van der Waals surface area contributed by atoms with Gasteiger partial charge in [-0.05, 0) is 18.9 Å². The Morgan fingerprint density at radius 2 is 2.15 bits per heavy atom. The van der Waals surface area contributed by atoms with E-state index in [0.29, 0.717) is 12.8 Å². The predicted molar refractivity (Wildman–Crippen MR) is 77.4 cm³/mol. The molecular weight excluding hydrogens is 256 g/mol. The van der Waals surface area contributed by atoms with E-state index >= 15 is 0 Å². The highest BCUT2D eigenvalue weighted by Crippen LogP contribution is 2.01. The summed E-state index contributed by atoms with van der Waals surface area (Å²) in [5.41, 5.74) is 0. The Kier molecular flexibility index (Phi) is 10.8. The maximum atomic E-state index is 10.8. The molecule has 0 aliphatic carbocycles. The highest BCUT2D eigenvalue weighted by atomic mass is 16.5. The summed E-state index contributed by atoms with van der Waals surface area (Å²) < 4.78 is 4.49. The Morgan fingerprint density at radius 3 is 2.80 bits per heavy atom. The number of carbonyl (C=O) groups is 1. The molecule has 0 aromatic heterocycles. The van der Waals surface area contributed by atoms with Gasteiger partial charge in [-0.2, -0.15) is 0 Å². The predicted octanol–water partition coefficient (Wildman–Crippen LogP) is 1.19. The van der Waals surface area contributed by atoms with E-state index in [0.717, 1.165) is 0 Å². The van der Waals surface area contributed by atoms with Crippen LogP contribution in [0.15, 0.2) is 24.3 Å². The number of hydrogen-bond acceptors (Lipinski definition) is 4. The number of esters is 1. The molecule has 0 saturated carbocycles. The Bertz CT molecular complexity index is 432. The van der Waals surface area contributed by atoms with Crippen LogP contribution in [-0.4, -0.2) is 35.5 Å². The van der Waals surface area contributed by atoms with E-state index in [9.17, 15) is 15.0 Å². The van der Waals surface area contributed by atoms with Crippen LogP contribution in [0.5, 0.6) is 0 Å². The first-order valence-corrected chi connectivity index (χ1v) is 6.31. The summed E-state index contributed by atoms with van der Waals surface area (Å²) in [6.45, 7) is 0. The SMILES string of the molecule is C#CC[C@@H](O)/C=C/C=C/C#C[C@H](O)CCCC(=O)OC. The summed E-state index contributed by atoms with van der Waals surface area (Å²) >= 11 is 0. The Morgan fingerprint density at radius 1 is 1.40 bits per heavy atom. The molecule has 2 atom stereocenters. The van der Waals surface area contributed by atoms with Crippen LogP contribution in [0.1, 0.15) is 25.7 Å². The molecule has 0 aromatic carbocycles.